The first-order chi connectivity index (χ1) is 19.4. The maximum atomic E-state index is 14.2. The molecule has 1 aliphatic rings. The van der Waals surface area contributed by atoms with Gasteiger partial charge in [0.15, 0.2) is 0 Å². The summed E-state index contributed by atoms with van der Waals surface area (Å²) in [6.07, 6.45) is 1.14. The smallest absolute Gasteiger partial charge is 0.259 e. The Hall–Kier alpha value is -4.45. The first kappa shape index (κ1) is 27.1. The van der Waals surface area contributed by atoms with E-state index in [1.165, 1.54) is 0 Å². The molecule has 4 aromatic rings. The van der Waals surface area contributed by atoms with E-state index >= 15 is 0 Å². The van der Waals surface area contributed by atoms with Gasteiger partial charge in [0.1, 0.15) is 12.6 Å². The van der Waals surface area contributed by atoms with E-state index in [1.807, 2.05) is 106 Å². The fourth-order valence-corrected chi connectivity index (χ4v) is 5.36. The van der Waals surface area contributed by atoms with Crippen LogP contribution in [0.3, 0.4) is 0 Å². The predicted octanol–water partition coefficient (Wildman–Crippen LogP) is 5.66. The average Bonchev–Trinajstić information content (AvgIpc) is 3.23. The molecule has 3 amide bonds. The molecule has 1 heterocycles. The largest absolute Gasteiger partial charge is 0.352 e. The van der Waals surface area contributed by atoms with Gasteiger partial charge in [-0.25, -0.2) is 0 Å². The summed E-state index contributed by atoms with van der Waals surface area (Å²) in [4.78, 5) is 44.7. The van der Waals surface area contributed by atoms with Crippen molar-refractivity contribution in [2.24, 2.45) is 0 Å². The summed E-state index contributed by atoms with van der Waals surface area (Å²) in [6, 6.07) is 28.3. The molecular weight excluding hydrogens is 498 g/mol. The number of nitrogens with zero attached hydrogens (tertiary/aromatic N) is 2. The molecule has 1 aliphatic heterocycles. The third kappa shape index (κ3) is 5.62. The number of amides is 3. The fourth-order valence-electron chi connectivity index (χ4n) is 5.36. The van der Waals surface area contributed by atoms with Crippen LogP contribution >= 0.6 is 0 Å². The van der Waals surface area contributed by atoms with Crippen molar-refractivity contribution in [2.75, 3.05) is 11.4 Å². The number of hydrogen-bond acceptors (Lipinski definition) is 3. The van der Waals surface area contributed by atoms with Crippen LogP contribution in [0.1, 0.15) is 47.3 Å². The maximum absolute atomic E-state index is 14.2. The molecule has 204 valence electrons. The summed E-state index contributed by atoms with van der Waals surface area (Å²) in [5, 5.41) is 4.93. The lowest BCUT2D eigenvalue weighted by molar-refractivity contribution is -0.140. The van der Waals surface area contributed by atoms with E-state index in [1.54, 1.807) is 15.9 Å². The second-order valence-electron chi connectivity index (χ2n) is 10.6. The SMILES string of the molecule is CC[C@@H](C)NC(=O)[C@@H](Cc1ccccc1)N(Cc1cccc(C)c1)C(=O)CN1C(=O)c2cccc3cccc1c23. The Labute approximate surface area is 235 Å². The monoisotopic (exact) mass is 533 g/mol. The van der Waals surface area contributed by atoms with Crippen molar-refractivity contribution in [3.63, 3.8) is 0 Å². The number of carbonyl (C=O) groups is 3. The molecular formula is C34H35N3O3. The summed E-state index contributed by atoms with van der Waals surface area (Å²) in [7, 11) is 0. The molecule has 0 aromatic heterocycles. The van der Waals surface area contributed by atoms with E-state index in [9.17, 15) is 14.4 Å². The molecule has 6 heteroatoms. The fraction of sp³-hybridized carbons (Fsp3) is 0.265. The number of rotatable bonds is 10. The predicted molar refractivity (Wildman–Crippen MR) is 159 cm³/mol. The highest BCUT2D eigenvalue weighted by Crippen LogP contribution is 2.37. The minimum atomic E-state index is -0.750. The molecule has 0 fully saturated rings. The summed E-state index contributed by atoms with van der Waals surface area (Å²) < 4.78 is 0. The van der Waals surface area contributed by atoms with Crippen molar-refractivity contribution in [2.45, 2.75) is 52.2 Å². The highest BCUT2D eigenvalue weighted by atomic mass is 16.2. The Bertz CT molecular complexity index is 1540. The first-order valence-electron chi connectivity index (χ1n) is 13.9. The van der Waals surface area contributed by atoms with E-state index in [0.29, 0.717) is 12.0 Å². The number of anilines is 1. The Morgan fingerprint density at radius 1 is 0.900 bits per heavy atom. The molecule has 40 heavy (non-hydrogen) atoms. The van der Waals surface area contributed by atoms with Gasteiger partial charge in [0.2, 0.25) is 11.8 Å². The second-order valence-corrected chi connectivity index (χ2v) is 10.6. The van der Waals surface area contributed by atoms with Crippen molar-refractivity contribution in [3.05, 3.63) is 113 Å². The Morgan fingerprint density at radius 3 is 2.33 bits per heavy atom. The van der Waals surface area contributed by atoms with Gasteiger partial charge in [-0.2, -0.15) is 0 Å². The van der Waals surface area contributed by atoms with Crippen LogP contribution in [0.4, 0.5) is 5.69 Å². The van der Waals surface area contributed by atoms with Gasteiger partial charge >= 0.3 is 0 Å². The third-order valence-corrected chi connectivity index (χ3v) is 7.65. The second kappa shape index (κ2) is 11.7. The molecule has 4 aromatic carbocycles. The van der Waals surface area contributed by atoms with Gasteiger partial charge in [-0.05, 0) is 48.9 Å². The summed E-state index contributed by atoms with van der Waals surface area (Å²) >= 11 is 0. The summed E-state index contributed by atoms with van der Waals surface area (Å²) in [5.74, 6) is -0.670. The Morgan fingerprint density at radius 2 is 1.60 bits per heavy atom. The maximum Gasteiger partial charge on any atom is 0.259 e. The first-order valence-corrected chi connectivity index (χ1v) is 13.9. The van der Waals surface area contributed by atoms with Gasteiger partial charge in [-0.3, -0.25) is 19.3 Å². The van der Waals surface area contributed by atoms with E-state index in [-0.39, 0.29) is 36.9 Å². The summed E-state index contributed by atoms with van der Waals surface area (Å²) in [5.41, 5.74) is 4.29. The van der Waals surface area contributed by atoms with Crippen LogP contribution in [0.15, 0.2) is 91.0 Å². The number of carbonyl (C=O) groups excluding carboxylic acids is 3. The number of benzene rings is 4. The zero-order valence-corrected chi connectivity index (χ0v) is 23.3. The molecule has 0 unspecified atom stereocenters. The Kier molecular flexibility index (Phi) is 7.96. The van der Waals surface area contributed by atoms with Gasteiger partial charge in [-0.15, -0.1) is 0 Å². The van der Waals surface area contributed by atoms with E-state index in [0.717, 1.165) is 39.6 Å². The lowest BCUT2D eigenvalue weighted by Gasteiger charge is -2.33. The van der Waals surface area contributed by atoms with E-state index < -0.39 is 6.04 Å². The van der Waals surface area contributed by atoms with Crippen molar-refractivity contribution in [1.82, 2.24) is 10.2 Å². The van der Waals surface area contributed by atoms with Crippen LogP contribution in [0, 0.1) is 6.92 Å². The molecule has 0 saturated carbocycles. The van der Waals surface area contributed by atoms with Crippen LogP contribution in [0.2, 0.25) is 0 Å². The van der Waals surface area contributed by atoms with Crippen LogP contribution in [0.5, 0.6) is 0 Å². The molecule has 6 nitrogen and oxygen atoms in total. The van der Waals surface area contributed by atoms with Crippen molar-refractivity contribution < 1.29 is 14.4 Å². The van der Waals surface area contributed by atoms with Gasteiger partial charge in [0.05, 0.1) is 5.69 Å². The molecule has 0 saturated heterocycles. The van der Waals surface area contributed by atoms with Crippen LogP contribution < -0.4 is 10.2 Å². The lowest BCUT2D eigenvalue weighted by atomic mass is 10.0. The molecule has 1 N–H and O–H groups in total. The average molecular weight is 534 g/mol. The molecule has 0 spiro atoms. The number of hydrogen-bond donors (Lipinski definition) is 1. The van der Waals surface area contributed by atoms with Crippen LogP contribution in [0.25, 0.3) is 10.8 Å². The van der Waals surface area contributed by atoms with Gasteiger partial charge in [0.25, 0.3) is 5.91 Å². The molecule has 0 aliphatic carbocycles. The lowest BCUT2D eigenvalue weighted by Crippen LogP contribution is -2.54. The number of aryl methyl sites for hydroxylation is 1. The van der Waals surface area contributed by atoms with E-state index in [4.69, 9.17) is 0 Å². The zero-order chi connectivity index (χ0) is 28.2. The quantitative estimate of drug-likeness (QED) is 0.286. The number of nitrogens with one attached hydrogen (secondary N) is 1. The minimum Gasteiger partial charge on any atom is -0.352 e. The van der Waals surface area contributed by atoms with Crippen molar-refractivity contribution in [3.8, 4) is 0 Å². The topological polar surface area (TPSA) is 69.7 Å². The van der Waals surface area contributed by atoms with Gasteiger partial charge in [0, 0.05) is 30.0 Å². The highest BCUT2D eigenvalue weighted by molar-refractivity contribution is 6.26. The van der Waals surface area contributed by atoms with Gasteiger partial charge < -0.3 is 10.2 Å². The van der Waals surface area contributed by atoms with Gasteiger partial charge in [-0.1, -0.05) is 91.3 Å². The summed E-state index contributed by atoms with van der Waals surface area (Å²) in [6.45, 7) is 6.09. The molecule has 0 bridgehead atoms. The zero-order valence-electron chi connectivity index (χ0n) is 23.3. The van der Waals surface area contributed by atoms with Crippen LogP contribution in [-0.2, 0) is 22.6 Å². The Balaban J connectivity index is 1.51. The standard InChI is InChI=1S/C34H35N3O3/c1-4-24(3)35-33(39)30(20-25-12-6-5-7-13-25)36(21-26-14-8-11-23(2)19-26)31(38)22-37-29-18-10-16-27-15-9-17-28(32(27)29)34(37)40/h5-19,24,30H,4,20-22H2,1-3H3,(H,35,39)/t24-,30-/m1/s1. The third-order valence-electron chi connectivity index (χ3n) is 7.65. The van der Waals surface area contributed by atoms with Crippen molar-refractivity contribution >= 4 is 34.2 Å². The van der Waals surface area contributed by atoms with Crippen molar-refractivity contribution in [1.29, 1.82) is 0 Å². The molecule has 5 rings (SSSR count). The molecule has 2 atom stereocenters. The van der Waals surface area contributed by atoms with E-state index in [2.05, 4.69) is 5.32 Å². The normalized spacial score (nSPS) is 13.8. The highest BCUT2D eigenvalue weighted by Gasteiger charge is 2.36. The molecule has 0 radical (unpaired) electrons. The minimum absolute atomic E-state index is 0.0334. The van der Waals surface area contributed by atoms with Crippen LogP contribution in [-0.4, -0.2) is 41.2 Å².